The van der Waals surface area contributed by atoms with E-state index < -0.39 is 0 Å². The number of likely N-dealkylation sites (tertiary alicyclic amines) is 1. The molecule has 1 saturated heterocycles. The fourth-order valence-electron chi connectivity index (χ4n) is 4.29. The molecular weight excluding hydrogens is 364 g/mol. The number of fused-ring (bicyclic) bond motifs is 1. The summed E-state index contributed by atoms with van der Waals surface area (Å²) in [6.07, 6.45) is 3.29. The third kappa shape index (κ3) is 4.56. The average Bonchev–Trinajstić information content (AvgIpc) is 3.20. The molecule has 1 fully saturated rings. The van der Waals surface area contributed by atoms with Gasteiger partial charge in [-0.15, -0.1) is 0 Å². The second-order valence-electron chi connectivity index (χ2n) is 8.68. The summed E-state index contributed by atoms with van der Waals surface area (Å²) in [5, 5.41) is 3.21. The van der Waals surface area contributed by atoms with E-state index in [-0.39, 0.29) is 17.6 Å². The van der Waals surface area contributed by atoms with Gasteiger partial charge in [-0.2, -0.15) is 0 Å². The van der Waals surface area contributed by atoms with E-state index in [1.165, 1.54) is 31.5 Å². The Morgan fingerprint density at radius 2 is 1.90 bits per heavy atom. The van der Waals surface area contributed by atoms with Gasteiger partial charge >= 0.3 is 0 Å². The Kier molecular flexibility index (Phi) is 5.50. The van der Waals surface area contributed by atoms with Crippen LogP contribution in [0.4, 0.5) is 0 Å². The molecule has 0 saturated carbocycles. The molecule has 1 N–H and O–H groups in total. The predicted octanol–water partition coefficient (Wildman–Crippen LogP) is 4.32. The number of carbonyl (C=O) groups excluding carboxylic acids is 1. The van der Waals surface area contributed by atoms with Gasteiger partial charge in [0.2, 0.25) is 0 Å². The van der Waals surface area contributed by atoms with E-state index in [0.29, 0.717) is 12.0 Å². The normalized spacial score (nSPS) is 20.6. The molecule has 0 radical (unpaired) electrons. The van der Waals surface area contributed by atoms with E-state index in [0.717, 1.165) is 23.6 Å². The third-order valence-electron chi connectivity index (χ3n) is 5.80. The fraction of sp³-hybridized carbons (Fsp3) is 0.458. The topological polar surface area (TPSA) is 50.8 Å². The second-order valence-corrected chi connectivity index (χ2v) is 8.68. The van der Waals surface area contributed by atoms with Gasteiger partial charge in [-0.3, -0.25) is 9.69 Å². The van der Waals surface area contributed by atoms with Crippen molar-refractivity contribution in [3.05, 3.63) is 59.2 Å². The molecule has 2 aromatic rings. The number of nitrogens with one attached hydrogen (secondary N) is 1. The van der Waals surface area contributed by atoms with Crippen molar-refractivity contribution in [3.8, 4) is 11.5 Å². The summed E-state index contributed by atoms with van der Waals surface area (Å²) < 4.78 is 11.4. The highest BCUT2D eigenvalue weighted by atomic mass is 16.5. The lowest BCUT2D eigenvalue weighted by molar-refractivity contribution is 0.0617. The molecule has 0 bridgehead atoms. The van der Waals surface area contributed by atoms with Crippen LogP contribution in [0.5, 0.6) is 11.5 Å². The number of hydrogen-bond donors (Lipinski definition) is 1. The van der Waals surface area contributed by atoms with E-state index in [1.807, 2.05) is 44.2 Å². The highest BCUT2D eigenvalue weighted by Crippen LogP contribution is 2.41. The van der Waals surface area contributed by atoms with Crippen molar-refractivity contribution >= 4 is 5.91 Å². The first-order valence-electron chi connectivity index (χ1n) is 10.4. The summed E-state index contributed by atoms with van der Waals surface area (Å²) >= 11 is 0. The van der Waals surface area contributed by atoms with Crippen molar-refractivity contribution < 1.29 is 14.3 Å². The number of amides is 1. The van der Waals surface area contributed by atoms with Crippen LogP contribution >= 0.6 is 0 Å². The Bertz CT molecular complexity index is 870. The number of nitrogens with zero attached hydrogens (tertiary/aromatic N) is 1. The van der Waals surface area contributed by atoms with Gasteiger partial charge in [0.15, 0.2) is 0 Å². The molecule has 2 heterocycles. The van der Waals surface area contributed by atoms with Crippen molar-refractivity contribution in [1.82, 2.24) is 10.2 Å². The van der Waals surface area contributed by atoms with E-state index in [4.69, 9.17) is 9.47 Å². The molecule has 0 unspecified atom stereocenters. The van der Waals surface area contributed by atoms with E-state index >= 15 is 0 Å². The summed E-state index contributed by atoms with van der Waals surface area (Å²) in [4.78, 5) is 15.4. The van der Waals surface area contributed by atoms with E-state index in [2.05, 4.69) is 22.3 Å². The maximum Gasteiger partial charge on any atom is 0.251 e. The number of carbonyl (C=O) groups is 1. The van der Waals surface area contributed by atoms with Crippen LogP contribution in [0.15, 0.2) is 42.5 Å². The number of hydrogen-bond acceptors (Lipinski definition) is 4. The van der Waals surface area contributed by atoms with Crippen LogP contribution in [0.3, 0.4) is 0 Å². The summed E-state index contributed by atoms with van der Waals surface area (Å²) in [7, 11) is 1.64. The standard InChI is InChI=1S/C24H30N2O3/c1-24(2)15-21(20-11-10-19(28-3)14-22(20)29-24)25-23(27)18-8-6-17(7-9-18)16-26-12-4-5-13-26/h6-11,14,21H,4-5,12-13,15-16H2,1-3H3,(H,25,27)/t21-/m0/s1. The summed E-state index contributed by atoms with van der Waals surface area (Å²) in [5.74, 6) is 1.47. The van der Waals surface area contributed by atoms with Gasteiger partial charge in [-0.25, -0.2) is 0 Å². The third-order valence-corrected chi connectivity index (χ3v) is 5.80. The predicted molar refractivity (Wildman–Crippen MR) is 113 cm³/mol. The Morgan fingerprint density at radius 1 is 1.17 bits per heavy atom. The number of benzene rings is 2. The van der Waals surface area contributed by atoms with Crippen molar-refractivity contribution in [1.29, 1.82) is 0 Å². The van der Waals surface area contributed by atoms with Crippen LogP contribution in [-0.4, -0.2) is 36.6 Å². The zero-order valence-corrected chi connectivity index (χ0v) is 17.5. The SMILES string of the molecule is COc1ccc2c(c1)OC(C)(C)C[C@@H]2NC(=O)c1ccc(CN2CCCC2)cc1. The Balaban J connectivity index is 1.47. The van der Waals surface area contributed by atoms with E-state index in [9.17, 15) is 4.79 Å². The lowest BCUT2D eigenvalue weighted by Gasteiger charge is -2.38. The zero-order chi connectivity index (χ0) is 20.4. The summed E-state index contributed by atoms with van der Waals surface area (Å²) in [5.41, 5.74) is 2.57. The minimum absolute atomic E-state index is 0.0535. The first kappa shape index (κ1) is 19.8. The highest BCUT2D eigenvalue weighted by Gasteiger charge is 2.35. The van der Waals surface area contributed by atoms with Gasteiger partial charge in [0.25, 0.3) is 5.91 Å². The Labute approximate surface area is 173 Å². The molecule has 0 aromatic heterocycles. The molecule has 0 spiro atoms. The van der Waals surface area contributed by atoms with E-state index in [1.54, 1.807) is 7.11 Å². The average molecular weight is 395 g/mol. The first-order valence-corrected chi connectivity index (χ1v) is 10.4. The van der Waals surface area contributed by atoms with Crippen molar-refractivity contribution in [2.24, 2.45) is 0 Å². The van der Waals surface area contributed by atoms with Gasteiger partial charge < -0.3 is 14.8 Å². The van der Waals surface area contributed by atoms with Crippen LogP contribution in [0, 0.1) is 0 Å². The zero-order valence-electron chi connectivity index (χ0n) is 17.5. The molecule has 4 rings (SSSR count). The fourth-order valence-corrected chi connectivity index (χ4v) is 4.29. The number of methoxy groups -OCH3 is 1. The van der Waals surface area contributed by atoms with Crippen molar-refractivity contribution in [3.63, 3.8) is 0 Å². The molecule has 1 amide bonds. The molecule has 0 aliphatic carbocycles. The Hall–Kier alpha value is -2.53. The summed E-state index contributed by atoms with van der Waals surface area (Å²) in [6.45, 7) is 7.40. The molecule has 29 heavy (non-hydrogen) atoms. The quantitative estimate of drug-likeness (QED) is 0.820. The molecule has 1 atom stereocenters. The minimum atomic E-state index is -0.364. The lowest BCUT2D eigenvalue weighted by Crippen LogP contribution is -2.41. The monoisotopic (exact) mass is 394 g/mol. The van der Waals surface area contributed by atoms with Gasteiger partial charge in [0.1, 0.15) is 17.1 Å². The molecule has 5 nitrogen and oxygen atoms in total. The van der Waals surface area contributed by atoms with Crippen LogP contribution in [0.25, 0.3) is 0 Å². The lowest BCUT2D eigenvalue weighted by atomic mass is 9.89. The first-order chi connectivity index (χ1) is 13.9. The minimum Gasteiger partial charge on any atom is -0.497 e. The van der Waals surface area contributed by atoms with Gasteiger partial charge in [-0.05, 0) is 69.6 Å². The molecule has 2 aromatic carbocycles. The number of ether oxygens (including phenoxy) is 2. The molecular formula is C24H30N2O3. The van der Waals surface area contributed by atoms with Crippen LogP contribution < -0.4 is 14.8 Å². The molecule has 2 aliphatic rings. The van der Waals surface area contributed by atoms with Crippen molar-refractivity contribution in [2.45, 2.75) is 51.3 Å². The molecule has 154 valence electrons. The van der Waals surface area contributed by atoms with Crippen molar-refractivity contribution in [2.75, 3.05) is 20.2 Å². The number of rotatable bonds is 5. The molecule has 5 heteroatoms. The maximum absolute atomic E-state index is 12.9. The van der Waals surface area contributed by atoms with Crippen LogP contribution in [-0.2, 0) is 6.54 Å². The highest BCUT2D eigenvalue weighted by molar-refractivity contribution is 5.94. The maximum atomic E-state index is 12.9. The van der Waals surface area contributed by atoms with Crippen LogP contribution in [0.1, 0.15) is 60.6 Å². The van der Waals surface area contributed by atoms with Crippen LogP contribution in [0.2, 0.25) is 0 Å². The van der Waals surface area contributed by atoms with Gasteiger partial charge in [-0.1, -0.05) is 12.1 Å². The summed E-state index contributed by atoms with van der Waals surface area (Å²) in [6, 6.07) is 13.7. The second kappa shape index (κ2) is 8.07. The molecule has 2 aliphatic heterocycles. The Morgan fingerprint density at radius 3 is 2.59 bits per heavy atom. The van der Waals surface area contributed by atoms with Gasteiger partial charge in [0.05, 0.1) is 13.2 Å². The largest absolute Gasteiger partial charge is 0.497 e. The van der Waals surface area contributed by atoms with Gasteiger partial charge in [0, 0.05) is 30.2 Å². The smallest absolute Gasteiger partial charge is 0.251 e.